The lowest BCUT2D eigenvalue weighted by Gasteiger charge is -2.25. The molecule has 30 heavy (non-hydrogen) atoms. The van der Waals surface area contributed by atoms with Crippen LogP contribution in [0.15, 0.2) is 60.8 Å². The number of fused-ring (bicyclic) bond motifs is 2. The van der Waals surface area contributed by atoms with Crippen LogP contribution in [0, 0.1) is 0 Å². The molecule has 0 bridgehead atoms. The normalized spacial score (nSPS) is 15.3. The van der Waals surface area contributed by atoms with E-state index in [1.165, 1.54) is 28.1 Å². The standard InChI is InChI=1S/C23H25N3O2.CH4O/c1-25(14-15-26-13-12-18-4-2-3-5-21(18)26)22-10-8-19-16-17(6-9-20(19)22)7-11-23(27)24-28;1-2/h2-7,9,11-13,16,22,28H,8,10,14-15H2,1H3,(H,24,27);2H,1H3/b11-7+;. The number of aliphatic hydroxyl groups excluding tert-OH is 1. The number of aryl methyl sites for hydroxylation is 1. The molecule has 0 aliphatic heterocycles. The minimum Gasteiger partial charge on any atom is -0.400 e. The van der Waals surface area contributed by atoms with Gasteiger partial charge in [-0.2, -0.15) is 0 Å². The molecule has 4 rings (SSSR count). The first-order valence-corrected chi connectivity index (χ1v) is 10.1. The molecule has 6 nitrogen and oxygen atoms in total. The van der Waals surface area contributed by atoms with Gasteiger partial charge in [-0.05, 0) is 60.2 Å². The second kappa shape index (κ2) is 10.2. The molecule has 6 heteroatoms. The average Bonchev–Trinajstić information content (AvgIpc) is 3.41. The van der Waals surface area contributed by atoms with Crippen LogP contribution in [0.1, 0.15) is 29.2 Å². The molecule has 1 aromatic heterocycles. The number of hydroxylamine groups is 1. The molecule has 158 valence electrons. The van der Waals surface area contributed by atoms with Gasteiger partial charge in [-0.15, -0.1) is 0 Å². The van der Waals surface area contributed by atoms with Gasteiger partial charge in [0.25, 0.3) is 5.91 Å². The van der Waals surface area contributed by atoms with Crippen molar-refractivity contribution in [2.45, 2.75) is 25.4 Å². The van der Waals surface area contributed by atoms with E-state index in [-0.39, 0.29) is 0 Å². The second-order valence-corrected chi connectivity index (χ2v) is 7.37. The molecular formula is C24H29N3O3. The van der Waals surface area contributed by atoms with Crippen LogP contribution in [-0.2, 0) is 17.8 Å². The van der Waals surface area contributed by atoms with Crippen molar-refractivity contribution < 1.29 is 15.1 Å². The lowest BCUT2D eigenvalue weighted by atomic mass is 10.0. The predicted octanol–water partition coefficient (Wildman–Crippen LogP) is 3.39. The van der Waals surface area contributed by atoms with Crippen molar-refractivity contribution in [2.24, 2.45) is 0 Å². The summed E-state index contributed by atoms with van der Waals surface area (Å²) in [4.78, 5) is 13.6. The Morgan fingerprint density at radius 1 is 1.23 bits per heavy atom. The zero-order chi connectivity index (χ0) is 21.5. The number of aromatic nitrogens is 1. The molecule has 0 radical (unpaired) electrons. The fourth-order valence-corrected chi connectivity index (χ4v) is 4.14. The van der Waals surface area contributed by atoms with E-state index in [0.29, 0.717) is 6.04 Å². The van der Waals surface area contributed by atoms with Gasteiger partial charge in [-0.1, -0.05) is 36.4 Å². The predicted molar refractivity (Wildman–Crippen MR) is 119 cm³/mol. The Labute approximate surface area is 177 Å². The number of hydrogen-bond acceptors (Lipinski definition) is 4. The van der Waals surface area contributed by atoms with Gasteiger partial charge in [-0.25, -0.2) is 5.48 Å². The highest BCUT2D eigenvalue weighted by Gasteiger charge is 2.25. The summed E-state index contributed by atoms with van der Waals surface area (Å²) in [6.45, 7) is 1.95. The van der Waals surface area contributed by atoms with Crippen LogP contribution in [-0.4, -0.2) is 46.4 Å². The summed E-state index contributed by atoms with van der Waals surface area (Å²) in [7, 11) is 3.20. The monoisotopic (exact) mass is 407 g/mol. The fraction of sp³-hybridized carbons (Fsp3) is 0.292. The van der Waals surface area contributed by atoms with Gasteiger partial charge in [0.1, 0.15) is 0 Å². The quantitative estimate of drug-likeness (QED) is 0.333. The highest BCUT2D eigenvalue weighted by atomic mass is 16.5. The Bertz CT molecular complexity index is 1030. The van der Waals surface area contributed by atoms with Crippen molar-refractivity contribution in [3.05, 3.63) is 77.5 Å². The van der Waals surface area contributed by atoms with E-state index >= 15 is 0 Å². The zero-order valence-corrected chi connectivity index (χ0v) is 17.5. The summed E-state index contributed by atoms with van der Waals surface area (Å²) in [6, 6.07) is 17.4. The van der Waals surface area contributed by atoms with E-state index < -0.39 is 5.91 Å². The molecule has 0 saturated carbocycles. The maximum absolute atomic E-state index is 11.2. The SMILES string of the molecule is CN(CCn1ccc2ccccc21)C1CCc2cc(/C=C/C(=O)NO)ccc21.CO. The summed E-state index contributed by atoms with van der Waals surface area (Å²) >= 11 is 0. The summed E-state index contributed by atoms with van der Waals surface area (Å²) < 4.78 is 2.32. The summed E-state index contributed by atoms with van der Waals surface area (Å²) in [5.74, 6) is -0.518. The van der Waals surface area contributed by atoms with Crippen molar-refractivity contribution in [3.63, 3.8) is 0 Å². The van der Waals surface area contributed by atoms with Crippen molar-refractivity contribution in [1.82, 2.24) is 14.9 Å². The van der Waals surface area contributed by atoms with Crippen LogP contribution in [0.5, 0.6) is 0 Å². The molecule has 1 unspecified atom stereocenters. The van der Waals surface area contributed by atoms with Gasteiger partial charge < -0.3 is 9.67 Å². The molecule has 0 spiro atoms. The van der Waals surface area contributed by atoms with Crippen molar-refractivity contribution >= 4 is 22.9 Å². The smallest absolute Gasteiger partial charge is 0.267 e. The summed E-state index contributed by atoms with van der Waals surface area (Å²) in [5.41, 5.74) is 6.59. The van der Waals surface area contributed by atoms with Crippen LogP contribution in [0.4, 0.5) is 0 Å². The topological polar surface area (TPSA) is 77.7 Å². The molecule has 1 aliphatic rings. The van der Waals surface area contributed by atoms with E-state index in [0.717, 1.165) is 38.6 Å². The van der Waals surface area contributed by atoms with Gasteiger partial charge in [0.05, 0.1) is 0 Å². The third-order valence-corrected chi connectivity index (χ3v) is 5.66. The third-order valence-electron chi connectivity index (χ3n) is 5.66. The molecule has 3 N–H and O–H groups in total. The molecule has 3 aromatic rings. The molecule has 1 amide bonds. The molecule has 2 aromatic carbocycles. The van der Waals surface area contributed by atoms with Gasteiger partial charge in [0, 0.05) is 44.0 Å². The number of likely N-dealkylation sites (N-methyl/N-ethyl adjacent to an activating group) is 1. The molecule has 1 aliphatic carbocycles. The highest BCUT2D eigenvalue weighted by molar-refractivity contribution is 5.90. The summed E-state index contributed by atoms with van der Waals surface area (Å²) in [6.07, 6.45) is 7.39. The van der Waals surface area contributed by atoms with Crippen LogP contribution < -0.4 is 5.48 Å². The minimum atomic E-state index is -0.518. The van der Waals surface area contributed by atoms with E-state index in [1.807, 2.05) is 6.07 Å². The molecule has 1 atom stereocenters. The Balaban J connectivity index is 0.00000124. The van der Waals surface area contributed by atoms with Gasteiger partial charge in [0.2, 0.25) is 0 Å². The number of benzene rings is 2. The van der Waals surface area contributed by atoms with Crippen molar-refractivity contribution in [2.75, 3.05) is 20.7 Å². The largest absolute Gasteiger partial charge is 0.400 e. The number of hydrogen-bond donors (Lipinski definition) is 3. The third kappa shape index (κ3) is 4.79. The molecule has 1 heterocycles. The Morgan fingerprint density at radius 3 is 2.83 bits per heavy atom. The molecular weight excluding hydrogens is 378 g/mol. The lowest BCUT2D eigenvalue weighted by molar-refractivity contribution is -0.124. The van der Waals surface area contributed by atoms with Gasteiger partial charge in [-0.3, -0.25) is 14.9 Å². The van der Waals surface area contributed by atoms with E-state index in [9.17, 15) is 4.79 Å². The van der Waals surface area contributed by atoms with E-state index in [1.54, 1.807) is 11.6 Å². The maximum atomic E-state index is 11.2. The maximum Gasteiger partial charge on any atom is 0.267 e. The number of aliphatic hydroxyl groups is 1. The first-order chi connectivity index (χ1) is 14.7. The van der Waals surface area contributed by atoms with Crippen LogP contribution in [0.3, 0.4) is 0 Å². The number of carbonyl (C=O) groups excluding carboxylic acids is 1. The Hall–Kier alpha value is -2.93. The molecule has 0 saturated heterocycles. The van der Waals surface area contributed by atoms with Crippen molar-refractivity contribution in [1.29, 1.82) is 0 Å². The van der Waals surface area contributed by atoms with Crippen LogP contribution in [0.25, 0.3) is 17.0 Å². The van der Waals surface area contributed by atoms with Gasteiger partial charge in [0.15, 0.2) is 0 Å². The average molecular weight is 408 g/mol. The number of nitrogens with zero attached hydrogens (tertiary/aromatic N) is 2. The summed E-state index contributed by atoms with van der Waals surface area (Å²) in [5, 5.41) is 16.9. The fourth-order valence-electron chi connectivity index (χ4n) is 4.14. The minimum absolute atomic E-state index is 0.426. The Kier molecular flexibility index (Phi) is 7.41. The number of para-hydroxylation sites is 1. The first-order valence-electron chi connectivity index (χ1n) is 10.1. The number of rotatable bonds is 6. The zero-order valence-electron chi connectivity index (χ0n) is 17.5. The second-order valence-electron chi connectivity index (χ2n) is 7.37. The number of amides is 1. The van der Waals surface area contributed by atoms with E-state index in [2.05, 4.69) is 65.2 Å². The Morgan fingerprint density at radius 2 is 2.03 bits per heavy atom. The number of nitrogens with one attached hydrogen (secondary N) is 1. The van der Waals surface area contributed by atoms with Crippen LogP contribution in [0.2, 0.25) is 0 Å². The lowest BCUT2D eigenvalue weighted by Crippen LogP contribution is -2.26. The van der Waals surface area contributed by atoms with Crippen molar-refractivity contribution in [3.8, 4) is 0 Å². The van der Waals surface area contributed by atoms with Crippen LogP contribution >= 0.6 is 0 Å². The van der Waals surface area contributed by atoms with Gasteiger partial charge >= 0.3 is 0 Å². The van der Waals surface area contributed by atoms with E-state index in [4.69, 9.17) is 10.3 Å². The molecule has 0 fully saturated rings. The number of carbonyl (C=O) groups is 1. The first kappa shape index (κ1) is 21.8. The highest BCUT2D eigenvalue weighted by Crippen LogP contribution is 2.35.